The van der Waals surface area contributed by atoms with E-state index in [2.05, 4.69) is 22.4 Å². The van der Waals surface area contributed by atoms with Crippen molar-refractivity contribution in [3.05, 3.63) is 35.5 Å². The second kappa shape index (κ2) is 6.96. The third-order valence-electron chi connectivity index (χ3n) is 4.00. The van der Waals surface area contributed by atoms with Crippen molar-refractivity contribution >= 4 is 22.6 Å². The summed E-state index contributed by atoms with van der Waals surface area (Å²) in [5.74, 6) is 0.285. The van der Waals surface area contributed by atoms with E-state index in [1.165, 1.54) is 18.4 Å². The lowest BCUT2D eigenvalue weighted by Crippen LogP contribution is -2.09. The molecule has 0 saturated heterocycles. The first-order chi connectivity index (χ1) is 11.2. The van der Waals surface area contributed by atoms with Crippen LogP contribution in [-0.4, -0.2) is 37.8 Å². The third kappa shape index (κ3) is 3.62. The summed E-state index contributed by atoms with van der Waals surface area (Å²) in [6.45, 7) is 3.60. The number of esters is 1. The zero-order valence-corrected chi connectivity index (χ0v) is 13.6. The standard InChI is InChI=1S/C18H22N2O3/c1-3-23-18(21)14-8-13-9-15(12-4-5-12)17(19-6-7-22-2)10-16(13)20-11-14/h8-12,19H,3-7H2,1-2H3. The summed E-state index contributed by atoms with van der Waals surface area (Å²) in [6, 6.07) is 6.08. The van der Waals surface area contributed by atoms with Crippen LogP contribution in [0.25, 0.3) is 10.9 Å². The fraction of sp³-hybridized carbons (Fsp3) is 0.444. The van der Waals surface area contributed by atoms with Gasteiger partial charge in [0.15, 0.2) is 0 Å². The van der Waals surface area contributed by atoms with Gasteiger partial charge in [0.05, 0.1) is 24.3 Å². The zero-order chi connectivity index (χ0) is 16.2. The molecule has 5 heteroatoms. The minimum atomic E-state index is -0.322. The van der Waals surface area contributed by atoms with E-state index >= 15 is 0 Å². The Labute approximate surface area is 136 Å². The van der Waals surface area contributed by atoms with Crippen molar-refractivity contribution in [1.82, 2.24) is 4.98 Å². The molecular formula is C18H22N2O3. The molecule has 1 saturated carbocycles. The molecule has 2 aromatic rings. The topological polar surface area (TPSA) is 60.5 Å². The summed E-state index contributed by atoms with van der Waals surface area (Å²) < 4.78 is 10.2. The van der Waals surface area contributed by atoms with Crippen LogP contribution in [0.3, 0.4) is 0 Å². The molecule has 1 aliphatic carbocycles. The number of nitrogens with zero attached hydrogens (tertiary/aromatic N) is 1. The number of nitrogens with one attached hydrogen (secondary N) is 1. The molecule has 0 radical (unpaired) electrons. The number of benzene rings is 1. The van der Waals surface area contributed by atoms with Crippen LogP contribution in [0.15, 0.2) is 24.4 Å². The Morgan fingerprint density at radius 1 is 1.35 bits per heavy atom. The van der Waals surface area contributed by atoms with Gasteiger partial charge in [0.25, 0.3) is 0 Å². The molecule has 0 unspecified atom stereocenters. The minimum absolute atomic E-state index is 0.322. The van der Waals surface area contributed by atoms with Gasteiger partial charge in [-0.25, -0.2) is 4.79 Å². The minimum Gasteiger partial charge on any atom is -0.462 e. The van der Waals surface area contributed by atoms with Gasteiger partial charge in [-0.05, 0) is 49.4 Å². The predicted molar refractivity (Wildman–Crippen MR) is 90.0 cm³/mol. The number of hydrogen-bond acceptors (Lipinski definition) is 5. The SMILES string of the molecule is CCOC(=O)c1cnc2cc(NCCOC)c(C3CC3)cc2c1. The van der Waals surface area contributed by atoms with Gasteiger partial charge < -0.3 is 14.8 Å². The van der Waals surface area contributed by atoms with E-state index in [9.17, 15) is 4.79 Å². The van der Waals surface area contributed by atoms with E-state index in [-0.39, 0.29) is 5.97 Å². The summed E-state index contributed by atoms with van der Waals surface area (Å²) in [6.07, 6.45) is 4.01. The van der Waals surface area contributed by atoms with E-state index in [0.717, 1.165) is 23.1 Å². The zero-order valence-electron chi connectivity index (χ0n) is 13.6. The lowest BCUT2D eigenvalue weighted by molar-refractivity contribution is 0.0526. The fourth-order valence-corrected chi connectivity index (χ4v) is 2.69. The van der Waals surface area contributed by atoms with E-state index < -0.39 is 0 Å². The lowest BCUT2D eigenvalue weighted by atomic mass is 10.0. The highest BCUT2D eigenvalue weighted by atomic mass is 16.5. The van der Waals surface area contributed by atoms with Crippen LogP contribution in [0.5, 0.6) is 0 Å². The fourth-order valence-electron chi connectivity index (χ4n) is 2.69. The number of pyridine rings is 1. The predicted octanol–water partition coefficient (Wildman–Crippen LogP) is 3.35. The highest BCUT2D eigenvalue weighted by Crippen LogP contribution is 2.44. The van der Waals surface area contributed by atoms with Crippen LogP contribution in [0, 0.1) is 0 Å². The molecular weight excluding hydrogens is 292 g/mol. The number of carbonyl (C=O) groups is 1. The smallest absolute Gasteiger partial charge is 0.339 e. The number of anilines is 1. The molecule has 1 aromatic heterocycles. The lowest BCUT2D eigenvalue weighted by Gasteiger charge is -2.13. The molecule has 0 amide bonds. The summed E-state index contributed by atoms with van der Waals surface area (Å²) in [5, 5.41) is 4.41. The van der Waals surface area contributed by atoms with Crippen LogP contribution < -0.4 is 5.32 Å². The van der Waals surface area contributed by atoms with Crippen molar-refractivity contribution in [2.45, 2.75) is 25.7 Å². The molecule has 1 fully saturated rings. The monoisotopic (exact) mass is 314 g/mol. The first-order valence-corrected chi connectivity index (χ1v) is 8.06. The number of rotatable bonds is 7. The Kier molecular flexibility index (Phi) is 4.76. The number of fused-ring (bicyclic) bond motifs is 1. The molecule has 0 spiro atoms. The van der Waals surface area contributed by atoms with Gasteiger partial charge in [-0.15, -0.1) is 0 Å². The van der Waals surface area contributed by atoms with Crippen molar-refractivity contribution in [3.63, 3.8) is 0 Å². The summed E-state index contributed by atoms with van der Waals surface area (Å²) in [4.78, 5) is 16.3. The Balaban J connectivity index is 1.94. The van der Waals surface area contributed by atoms with E-state index in [0.29, 0.717) is 24.7 Å². The molecule has 1 aliphatic rings. The molecule has 1 heterocycles. The molecule has 122 valence electrons. The number of hydrogen-bond donors (Lipinski definition) is 1. The van der Waals surface area contributed by atoms with Gasteiger partial charge in [0, 0.05) is 30.9 Å². The van der Waals surface area contributed by atoms with Crippen molar-refractivity contribution < 1.29 is 14.3 Å². The molecule has 0 aliphatic heterocycles. The molecule has 5 nitrogen and oxygen atoms in total. The quantitative estimate of drug-likeness (QED) is 0.627. The highest BCUT2D eigenvalue weighted by Gasteiger charge is 2.26. The maximum Gasteiger partial charge on any atom is 0.339 e. The van der Waals surface area contributed by atoms with Crippen LogP contribution in [0.4, 0.5) is 5.69 Å². The Morgan fingerprint density at radius 2 is 2.17 bits per heavy atom. The van der Waals surface area contributed by atoms with Gasteiger partial charge in [0.1, 0.15) is 0 Å². The van der Waals surface area contributed by atoms with E-state index in [1.54, 1.807) is 20.2 Å². The molecule has 0 bridgehead atoms. The first kappa shape index (κ1) is 15.7. The van der Waals surface area contributed by atoms with Crippen LogP contribution in [0.2, 0.25) is 0 Å². The highest BCUT2D eigenvalue weighted by molar-refractivity contribution is 5.94. The Hall–Kier alpha value is -2.14. The van der Waals surface area contributed by atoms with Gasteiger partial charge in [-0.1, -0.05) is 0 Å². The number of ether oxygens (including phenoxy) is 2. The van der Waals surface area contributed by atoms with Gasteiger partial charge in [0.2, 0.25) is 0 Å². The van der Waals surface area contributed by atoms with Gasteiger partial charge in [-0.3, -0.25) is 4.98 Å². The summed E-state index contributed by atoms with van der Waals surface area (Å²) >= 11 is 0. The second-order valence-corrected chi connectivity index (χ2v) is 5.77. The normalized spacial score (nSPS) is 14.0. The van der Waals surface area contributed by atoms with E-state index in [4.69, 9.17) is 9.47 Å². The average molecular weight is 314 g/mol. The van der Waals surface area contributed by atoms with Crippen molar-refractivity contribution in [2.75, 3.05) is 32.2 Å². The van der Waals surface area contributed by atoms with Crippen LogP contribution in [0.1, 0.15) is 41.6 Å². The largest absolute Gasteiger partial charge is 0.462 e. The molecule has 0 atom stereocenters. The molecule has 1 aromatic carbocycles. The molecule has 23 heavy (non-hydrogen) atoms. The average Bonchev–Trinajstić information content (AvgIpc) is 3.39. The van der Waals surface area contributed by atoms with Gasteiger partial charge in [-0.2, -0.15) is 0 Å². The maximum absolute atomic E-state index is 11.9. The van der Waals surface area contributed by atoms with E-state index in [1.807, 2.05) is 6.07 Å². The van der Waals surface area contributed by atoms with Crippen molar-refractivity contribution in [3.8, 4) is 0 Å². The Morgan fingerprint density at radius 3 is 2.87 bits per heavy atom. The maximum atomic E-state index is 11.9. The van der Waals surface area contributed by atoms with Crippen molar-refractivity contribution in [1.29, 1.82) is 0 Å². The van der Waals surface area contributed by atoms with Crippen LogP contribution in [-0.2, 0) is 9.47 Å². The Bertz CT molecular complexity index is 711. The second-order valence-electron chi connectivity index (χ2n) is 5.77. The number of methoxy groups -OCH3 is 1. The number of carbonyl (C=O) groups excluding carboxylic acids is 1. The number of aromatic nitrogens is 1. The summed E-state index contributed by atoms with van der Waals surface area (Å²) in [5.41, 5.74) is 3.80. The van der Waals surface area contributed by atoms with Crippen LogP contribution >= 0.6 is 0 Å². The molecule has 1 N–H and O–H groups in total. The third-order valence-corrected chi connectivity index (χ3v) is 4.00. The molecule has 3 rings (SSSR count). The van der Waals surface area contributed by atoms with Gasteiger partial charge >= 0.3 is 5.97 Å². The van der Waals surface area contributed by atoms with Crippen molar-refractivity contribution in [2.24, 2.45) is 0 Å². The first-order valence-electron chi connectivity index (χ1n) is 8.06. The summed E-state index contributed by atoms with van der Waals surface area (Å²) in [7, 11) is 1.70.